The summed E-state index contributed by atoms with van der Waals surface area (Å²) in [5, 5.41) is 0.476. The van der Waals surface area contributed by atoms with E-state index in [4.69, 9.17) is 11.6 Å². The second-order valence-corrected chi connectivity index (χ2v) is 9.11. The normalized spacial score (nSPS) is 29.1. The summed E-state index contributed by atoms with van der Waals surface area (Å²) in [5.41, 5.74) is 1.61. The zero-order valence-corrected chi connectivity index (χ0v) is 17.8. The predicted octanol–water partition coefficient (Wildman–Crippen LogP) is 2.04. The number of hydrogen-bond acceptors (Lipinski definition) is 5. The van der Waals surface area contributed by atoms with E-state index < -0.39 is 0 Å². The number of carbonyl (C=O) groups excluding carboxylic acids is 2. The molecule has 0 N–H and O–H groups in total. The number of likely N-dealkylation sites (N-methyl/N-ethyl adjacent to an activating group) is 1. The first-order valence-corrected chi connectivity index (χ1v) is 10.5. The van der Waals surface area contributed by atoms with Gasteiger partial charge in [-0.15, -0.1) is 0 Å². The minimum Gasteiger partial charge on any atom is -0.310 e. The monoisotopic (exact) mass is 426 g/mol. The fraction of sp³-hybridized carbons (Fsp3) is 0.364. The zero-order chi connectivity index (χ0) is 20.9. The maximum atomic E-state index is 13.3. The van der Waals surface area contributed by atoms with Crippen molar-refractivity contribution in [2.45, 2.75) is 0 Å². The van der Waals surface area contributed by atoms with E-state index in [2.05, 4.69) is 14.7 Å². The fourth-order valence-electron chi connectivity index (χ4n) is 5.06. The SMILES string of the molecule is CN(C(=O)C[N+]12CN3CN(CN(C3)C1)C2)c1ccc(Cl)cc1C(=O)c1ccccc1. The molecule has 6 rings (SSSR count). The van der Waals surface area contributed by atoms with Gasteiger partial charge in [0.15, 0.2) is 12.3 Å². The first-order valence-electron chi connectivity index (χ1n) is 10.1. The number of amides is 1. The molecule has 0 radical (unpaired) electrons. The van der Waals surface area contributed by atoms with E-state index in [9.17, 15) is 9.59 Å². The van der Waals surface area contributed by atoms with Crippen molar-refractivity contribution >= 4 is 29.0 Å². The maximum Gasteiger partial charge on any atom is 0.282 e. The number of halogens is 1. The van der Waals surface area contributed by atoms with Crippen molar-refractivity contribution in [1.29, 1.82) is 0 Å². The van der Waals surface area contributed by atoms with Gasteiger partial charge >= 0.3 is 0 Å². The summed E-state index contributed by atoms with van der Waals surface area (Å²) in [7, 11) is 1.75. The Balaban J connectivity index is 1.40. The van der Waals surface area contributed by atoms with Crippen LogP contribution in [-0.4, -0.2) is 84.5 Å². The molecule has 4 bridgehead atoms. The summed E-state index contributed by atoms with van der Waals surface area (Å²) in [4.78, 5) is 35.2. The Morgan fingerprint density at radius 3 is 2.17 bits per heavy atom. The highest BCUT2D eigenvalue weighted by Gasteiger charge is 2.49. The van der Waals surface area contributed by atoms with E-state index in [1.54, 1.807) is 42.3 Å². The molecule has 0 spiro atoms. The van der Waals surface area contributed by atoms with Crippen LogP contribution in [0, 0.1) is 0 Å². The number of carbonyl (C=O) groups is 2. The lowest BCUT2D eigenvalue weighted by Gasteiger charge is -2.60. The molecule has 1 amide bonds. The summed E-state index contributed by atoms with van der Waals surface area (Å²) in [5.74, 6) is -0.134. The molecule has 0 atom stereocenters. The number of quaternary nitrogens is 1. The van der Waals surface area contributed by atoms with Gasteiger partial charge in [-0.2, -0.15) is 0 Å². The topological polar surface area (TPSA) is 47.1 Å². The molecule has 0 saturated carbocycles. The van der Waals surface area contributed by atoms with Gasteiger partial charge in [0.2, 0.25) is 0 Å². The second kappa shape index (κ2) is 7.44. The molecule has 4 aliphatic rings. The van der Waals surface area contributed by atoms with E-state index in [0.29, 0.717) is 28.4 Å². The Bertz CT molecular complexity index is 961. The van der Waals surface area contributed by atoms with Crippen LogP contribution in [0.25, 0.3) is 0 Å². The molecule has 0 unspecified atom stereocenters. The average molecular weight is 427 g/mol. The highest BCUT2D eigenvalue weighted by atomic mass is 35.5. The van der Waals surface area contributed by atoms with Gasteiger partial charge in [0.05, 0.1) is 25.7 Å². The van der Waals surface area contributed by atoms with Crippen molar-refractivity contribution in [1.82, 2.24) is 14.7 Å². The van der Waals surface area contributed by atoms with Crippen LogP contribution in [0.5, 0.6) is 0 Å². The number of nitrogens with zero attached hydrogens (tertiary/aromatic N) is 5. The van der Waals surface area contributed by atoms with Crippen molar-refractivity contribution in [3.8, 4) is 0 Å². The summed E-state index contributed by atoms with van der Waals surface area (Å²) < 4.78 is 0.721. The summed E-state index contributed by atoms with van der Waals surface area (Å²) in [6, 6.07) is 14.2. The third kappa shape index (κ3) is 3.53. The molecule has 2 aromatic carbocycles. The molecule has 2 aromatic rings. The fourth-order valence-corrected chi connectivity index (χ4v) is 5.24. The summed E-state index contributed by atoms with van der Waals surface area (Å²) in [6.07, 6.45) is 0. The number of rotatable bonds is 5. The van der Waals surface area contributed by atoms with E-state index in [-0.39, 0.29) is 11.7 Å². The highest BCUT2D eigenvalue weighted by molar-refractivity contribution is 6.31. The van der Waals surface area contributed by atoms with Gasteiger partial charge in [0, 0.05) is 23.2 Å². The minimum absolute atomic E-state index is 0.00461. The van der Waals surface area contributed by atoms with Crippen LogP contribution in [-0.2, 0) is 4.79 Å². The van der Waals surface area contributed by atoms with Crippen LogP contribution < -0.4 is 4.90 Å². The molecule has 156 valence electrons. The van der Waals surface area contributed by atoms with Gasteiger partial charge in [-0.25, -0.2) is 14.7 Å². The maximum absolute atomic E-state index is 13.3. The van der Waals surface area contributed by atoms with Gasteiger partial charge in [-0.1, -0.05) is 41.9 Å². The van der Waals surface area contributed by atoms with E-state index in [1.165, 1.54) is 0 Å². The van der Waals surface area contributed by atoms with Crippen LogP contribution >= 0.6 is 11.6 Å². The lowest BCUT2D eigenvalue weighted by molar-refractivity contribution is -0.973. The highest BCUT2D eigenvalue weighted by Crippen LogP contribution is 2.30. The van der Waals surface area contributed by atoms with Crippen molar-refractivity contribution in [2.24, 2.45) is 0 Å². The molecule has 4 aliphatic heterocycles. The number of ketones is 1. The third-order valence-corrected chi connectivity index (χ3v) is 6.38. The smallest absolute Gasteiger partial charge is 0.282 e. The van der Waals surface area contributed by atoms with Crippen molar-refractivity contribution in [3.05, 3.63) is 64.7 Å². The lowest BCUT2D eigenvalue weighted by atomic mass is 10.0. The predicted molar refractivity (Wildman–Crippen MR) is 115 cm³/mol. The van der Waals surface area contributed by atoms with E-state index >= 15 is 0 Å². The first kappa shape index (κ1) is 19.7. The third-order valence-electron chi connectivity index (χ3n) is 6.15. The molecule has 8 heteroatoms. The molecule has 7 nitrogen and oxygen atoms in total. The van der Waals surface area contributed by atoms with E-state index in [1.807, 2.05) is 18.2 Å². The van der Waals surface area contributed by atoms with Crippen LogP contribution in [0.4, 0.5) is 5.69 Å². The van der Waals surface area contributed by atoms with Crippen molar-refractivity contribution in [2.75, 3.05) is 58.5 Å². The number of benzene rings is 2. The minimum atomic E-state index is -0.139. The number of anilines is 1. The van der Waals surface area contributed by atoms with Crippen LogP contribution in [0.3, 0.4) is 0 Å². The Kier molecular flexibility index (Phi) is 4.88. The largest absolute Gasteiger partial charge is 0.310 e. The van der Waals surface area contributed by atoms with Gasteiger partial charge in [0.1, 0.15) is 20.0 Å². The summed E-state index contributed by atoms with van der Waals surface area (Å²) >= 11 is 6.20. The zero-order valence-electron chi connectivity index (χ0n) is 17.0. The molecule has 0 aromatic heterocycles. The molecule has 4 heterocycles. The Morgan fingerprint density at radius 1 is 0.967 bits per heavy atom. The molecular formula is C22H25ClN5O2+. The average Bonchev–Trinajstić information content (AvgIpc) is 2.72. The van der Waals surface area contributed by atoms with Crippen LogP contribution in [0.2, 0.25) is 5.02 Å². The molecular weight excluding hydrogens is 402 g/mol. The van der Waals surface area contributed by atoms with Crippen molar-refractivity contribution in [3.63, 3.8) is 0 Å². The molecule has 4 saturated heterocycles. The molecule has 30 heavy (non-hydrogen) atoms. The van der Waals surface area contributed by atoms with Crippen molar-refractivity contribution < 1.29 is 14.1 Å². The van der Waals surface area contributed by atoms with E-state index in [0.717, 1.165) is 44.5 Å². The van der Waals surface area contributed by atoms with Gasteiger partial charge in [0.25, 0.3) is 5.91 Å². The Hall–Kier alpha value is -2.29. The quantitative estimate of drug-likeness (QED) is 0.541. The first-order chi connectivity index (χ1) is 14.4. The van der Waals surface area contributed by atoms with Crippen LogP contribution in [0.1, 0.15) is 15.9 Å². The van der Waals surface area contributed by atoms with Crippen LogP contribution in [0.15, 0.2) is 48.5 Å². The van der Waals surface area contributed by atoms with Gasteiger partial charge in [-0.3, -0.25) is 14.1 Å². The van der Waals surface area contributed by atoms with Gasteiger partial charge < -0.3 is 4.90 Å². The number of hydrogen-bond donors (Lipinski definition) is 0. The standard InChI is InChI=1S/C22H25ClN5O2/c1-24(21(29)10-28-14-25-11-26(15-28)13-27(12-25)16-28)20-8-7-18(23)9-19(20)22(30)17-5-3-2-4-6-17/h2-9H,10-16H2,1H3/q+1. The Labute approximate surface area is 181 Å². The summed E-state index contributed by atoms with van der Waals surface area (Å²) in [6.45, 7) is 6.02. The molecule has 0 aliphatic carbocycles. The lowest BCUT2D eigenvalue weighted by Crippen LogP contribution is -2.80. The second-order valence-electron chi connectivity index (χ2n) is 8.67. The Morgan fingerprint density at radius 2 is 1.57 bits per heavy atom. The molecule has 4 fully saturated rings. The van der Waals surface area contributed by atoms with Gasteiger partial charge in [-0.05, 0) is 18.2 Å².